The van der Waals surface area contributed by atoms with Crippen molar-refractivity contribution in [3.63, 3.8) is 0 Å². The quantitative estimate of drug-likeness (QED) is 0.288. The molecule has 1 saturated heterocycles. The van der Waals surface area contributed by atoms with E-state index in [-0.39, 0.29) is 24.7 Å². The highest BCUT2D eigenvalue weighted by atomic mass is 16.7. The van der Waals surface area contributed by atoms with Crippen LogP contribution in [0.25, 0.3) is 0 Å². The van der Waals surface area contributed by atoms with Crippen LogP contribution in [0, 0.1) is 5.92 Å². The molecule has 0 aromatic carbocycles. The summed E-state index contributed by atoms with van der Waals surface area (Å²) in [6, 6.07) is 0. The van der Waals surface area contributed by atoms with E-state index in [1.807, 2.05) is 33.8 Å². The van der Waals surface area contributed by atoms with Crippen LogP contribution in [0.3, 0.4) is 0 Å². The van der Waals surface area contributed by atoms with Gasteiger partial charge in [-0.3, -0.25) is 9.59 Å². The Hall–Kier alpha value is -1.34. The van der Waals surface area contributed by atoms with Crippen LogP contribution in [0.15, 0.2) is 12.2 Å². The largest absolute Gasteiger partial charge is 0.461 e. The average molecular weight is 396 g/mol. The summed E-state index contributed by atoms with van der Waals surface area (Å²) in [7, 11) is -0.359. The van der Waals surface area contributed by atoms with E-state index in [9.17, 15) is 9.59 Å². The van der Waals surface area contributed by atoms with E-state index < -0.39 is 29.1 Å². The van der Waals surface area contributed by atoms with Gasteiger partial charge in [-0.05, 0) is 75.7 Å². The van der Waals surface area contributed by atoms with Gasteiger partial charge in [0.25, 0.3) is 0 Å². The van der Waals surface area contributed by atoms with E-state index in [1.165, 1.54) is 0 Å². The zero-order valence-electron chi connectivity index (χ0n) is 19.2. The van der Waals surface area contributed by atoms with Crippen LogP contribution >= 0.6 is 0 Å². The Bertz CT molecular complexity index is 551. The van der Waals surface area contributed by atoms with Crippen LogP contribution in [0.2, 0.25) is 6.32 Å². The number of carbonyl (C=O) groups is 2. The van der Waals surface area contributed by atoms with Crippen molar-refractivity contribution in [2.45, 2.75) is 104 Å². The van der Waals surface area contributed by atoms with Gasteiger partial charge in [-0.25, -0.2) is 0 Å². The van der Waals surface area contributed by atoms with Gasteiger partial charge in [0.1, 0.15) is 11.2 Å². The highest BCUT2D eigenvalue weighted by Gasteiger charge is 2.50. The smallest absolute Gasteiger partial charge is 0.459 e. The fourth-order valence-corrected chi connectivity index (χ4v) is 2.54. The second kappa shape index (κ2) is 8.58. The molecule has 28 heavy (non-hydrogen) atoms. The molecule has 0 N–H and O–H groups in total. The summed E-state index contributed by atoms with van der Waals surface area (Å²) in [5, 5.41) is 0. The molecular weight excluding hydrogens is 359 g/mol. The van der Waals surface area contributed by atoms with Crippen molar-refractivity contribution in [1.82, 2.24) is 0 Å². The van der Waals surface area contributed by atoms with Crippen LogP contribution in [0.4, 0.5) is 0 Å². The minimum Gasteiger partial charge on any atom is -0.459 e. The van der Waals surface area contributed by atoms with Gasteiger partial charge < -0.3 is 18.8 Å². The third-order valence-electron chi connectivity index (χ3n) is 4.55. The summed E-state index contributed by atoms with van der Waals surface area (Å²) in [6.07, 6.45) is 4.37. The molecule has 0 aromatic heterocycles. The third kappa shape index (κ3) is 7.59. The molecule has 7 heteroatoms. The molecule has 1 heterocycles. The lowest BCUT2D eigenvalue weighted by molar-refractivity contribution is -0.174. The SMILES string of the molecule is CC(C)(C)OC(=O)C(C/C=C/CB1OC(C)(C)C(C)(C)O1)C(=O)OC(C)(C)C. The minimum absolute atomic E-state index is 0.198. The molecule has 0 atom stereocenters. The maximum absolute atomic E-state index is 12.5. The van der Waals surface area contributed by atoms with Crippen molar-refractivity contribution in [3.05, 3.63) is 12.2 Å². The van der Waals surface area contributed by atoms with Gasteiger partial charge in [0, 0.05) is 6.32 Å². The van der Waals surface area contributed by atoms with Crippen LogP contribution in [0.1, 0.15) is 75.7 Å². The molecule has 1 aliphatic rings. The standard InChI is InChI=1S/C21H37BO6/c1-18(2,3)25-16(23)15(17(24)26-19(4,5)6)13-11-12-14-22-27-20(7,8)21(9,10)28-22/h11-12,15H,13-14H2,1-10H3/b12-11+. The number of esters is 2. The topological polar surface area (TPSA) is 71.1 Å². The highest BCUT2D eigenvalue weighted by Crippen LogP contribution is 2.37. The molecule has 6 nitrogen and oxygen atoms in total. The molecule has 1 fully saturated rings. The maximum atomic E-state index is 12.5. The van der Waals surface area contributed by atoms with Gasteiger partial charge >= 0.3 is 19.1 Å². The predicted octanol–water partition coefficient (Wildman–Crippen LogP) is 4.32. The van der Waals surface area contributed by atoms with Gasteiger partial charge in [-0.1, -0.05) is 12.2 Å². The molecule has 0 spiro atoms. The first-order valence-corrected chi connectivity index (χ1v) is 9.90. The molecule has 0 unspecified atom stereocenters. The summed E-state index contributed by atoms with van der Waals surface area (Å²) in [5.41, 5.74) is -2.13. The molecule has 0 aliphatic carbocycles. The van der Waals surface area contributed by atoms with Crippen LogP contribution in [0.5, 0.6) is 0 Å². The second-order valence-corrected chi connectivity index (χ2v) is 10.2. The van der Waals surface area contributed by atoms with Crippen LogP contribution < -0.4 is 0 Å². The number of rotatable bonds is 6. The fraction of sp³-hybridized carbons (Fsp3) is 0.810. The van der Waals surface area contributed by atoms with E-state index in [0.29, 0.717) is 6.32 Å². The molecule has 0 saturated carbocycles. The van der Waals surface area contributed by atoms with Gasteiger partial charge in [0.2, 0.25) is 0 Å². The molecule has 1 rings (SSSR count). The van der Waals surface area contributed by atoms with Crippen molar-refractivity contribution in [1.29, 1.82) is 0 Å². The van der Waals surface area contributed by atoms with Crippen LogP contribution in [-0.2, 0) is 28.4 Å². The maximum Gasteiger partial charge on any atom is 0.461 e. The van der Waals surface area contributed by atoms with Crippen molar-refractivity contribution in [2.24, 2.45) is 5.92 Å². The number of hydrogen-bond donors (Lipinski definition) is 0. The van der Waals surface area contributed by atoms with E-state index >= 15 is 0 Å². The van der Waals surface area contributed by atoms with Crippen molar-refractivity contribution >= 4 is 19.1 Å². The lowest BCUT2D eigenvalue weighted by Gasteiger charge is -2.32. The Balaban J connectivity index is 2.74. The lowest BCUT2D eigenvalue weighted by atomic mass is 9.84. The van der Waals surface area contributed by atoms with Crippen LogP contribution in [-0.4, -0.2) is 41.5 Å². The van der Waals surface area contributed by atoms with Gasteiger partial charge in [0.15, 0.2) is 5.92 Å². The van der Waals surface area contributed by atoms with E-state index in [4.69, 9.17) is 18.8 Å². The van der Waals surface area contributed by atoms with E-state index in [0.717, 1.165) is 0 Å². The van der Waals surface area contributed by atoms with Crippen molar-refractivity contribution in [2.75, 3.05) is 0 Å². The first kappa shape index (κ1) is 24.7. The molecule has 0 bridgehead atoms. The minimum atomic E-state index is -1.01. The molecule has 1 aliphatic heterocycles. The fourth-order valence-electron chi connectivity index (χ4n) is 2.54. The monoisotopic (exact) mass is 396 g/mol. The Morgan fingerprint density at radius 3 is 1.61 bits per heavy atom. The zero-order chi connectivity index (χ0) is 22.0. The average Bonchev–Trinajstić information content (AvgIpc) is 2.62. The Morgan fingerprint density at radius 1 is 0.857 bits per heavy atom. The normalized spacial score (nSPS) is 19.3. The molecule has 0 radical (unpaired) electrons. The van der Waals surface area contributed by atoms with Gasteiger partial charge in [-0.2, -0.15) is 0 Å². The first-order chi connectivity index (χ1) is 12.4. The number of allylic oxidation sites excluding steroid dienone is 2. The Kier molecular flexibility index (Phi) is 7.57. The predicted molar refractivity (Wildman–Crippen MR) is 110 cm³/mol. The number of carbonyl (C=O) groups excluding carboxylic acids is 2. The summed E-state index contributed by atoms with van der Waals surface area (Å²) in [4.78, 5) is 25.0. The van der Waals surface area contributed by atoms with E-state index in [1.54, 1.807) is 47.6 Å². The molecule has 0 aromatic rings. The third-order valence-corrected chi connectivity index (χ3v) is 4.55. The first-order valence-electron chi connectivity index (χ1n) is 9.90. The lowest BCUT2D eigenvalue weighted by Crippen LogP contribution is -2.41. The van der Waals surface area contributed by atoms with Gasteiger partial charge in [0.05, 0.1) is 11.2 Å². The van der Waals surface area contributed by atoms with Gasteiger partial charge in [-0.15, -0.1) is 0 Å². The second-order valence-electron chi connectivity index (χ2n) is 10.2. The number of ether oxygens (including phenoxy) is 2. The summed E-state index contributed by atoms with van der Waals surface area (Å²) < 4.78 is 22.7. The highest BCUT2D eigenvalue weighted by molar-refractivity contribution is 6.46. The summed E-state index contributed by atoms with van der Waals surface area (Å²) >= 11 is 0. The summed E-state index contributed by atoms with van der Waals surface area (Å²) in [6.45, 7) is 18.6. The van der Waals surface area contributed by atoms with E-state index in [2.05, 4.69) is 0 Å². The Morgan fingerprint density at radius 2 is 1.25 bits per heavy atom. The summed E-state index contributed by atoms with van der Waals surface area (Å²) in [5.74, 6) is -2.17. The molecule has 160 valence electrons. The zero-order valence-corrected chi connectivity index (χ0v) is 19.2. The Labute approximate surface area is 170 Å². The molecular formula is C21H37BO6. The number of hydrogen-bond acceptors (Lipinski definition) is 6. The van der Waals surface area contributed by atoms with Crippen molar-refractivity contribution < 1.29 is 28.4 Å². The molecule has 0 amide bonds. The van der Waals surface area contributed by atoms with Crippen molar-refractivity contribution in [3.8, 4) is 0 Å².